The van der Waals surface area contributed by atoms with Crippen LogP contribution in [0.2, 0.25) is 0 Å². The minimum Gasteiger partial charge on any atom is -0.436 e. The maximum atomic E-state index is 11.6. The van der Waals surface area contributed by atoms with Crippen LogP contribution in [-0.2, 0) is 4.74 Å². The summed E-state index contributed by atoms with van der Waals surface area (Å²) in [7, 11) is 1.51. The van der Waals surface area contributed by atoms with E-state index in [9.17, 15) is 4.79 Å². The lowest BCUT2D eigenvalue weighted by molar-refractivity contribution is 0.105. The molecule has 0 spiro atoms. The summed E-state index contributed by atoms with van der Waals surface area (Å²) in [6, 6.07) is 16.8. The number of hydrogen-bond acceptors (Lipinski definition) is 4. The summed E-state index contributed by atoms with van der Waals surface area (Å²) >= 11 is 0. The first-order valence-corrected chi connectivity index (χ1v) is 6.56. The summed E-state index contributed by atoms with van der Waals surface area (Å²) < 4.78 is 11.1. The Bertz CT molecular complexity index is 719. The van der Waals surface area contributed by atoms with E-state index in [4.69, 9.17) is 9.15 Å². The van der Waals surface area contributed by atoms with Gasteiger partial charge >= 0.3 is 6.09 Å². The molecule has 3 aromatic rings. The lowest BCUT2D eigenvalue weighted by atomic mass is 10.1. The number of nitrogens with one attached hydrogen (secondary N) is 1. The van der Waals surface area contributed by atoms with E-state index in [2.05, 4.69) is 10.3 Å². The van der Waals surface area contributed by atoms with Gasteiger partial charge in [0.1, 0.15) is 5.52 Å². The Labute approximate surface area is 121 Å². The predicted octanol–water partition coefficient (Wildman–Crippen LogP) is 3.27. The number of oxazole rings is 1. The molecule has 1 aromatic heterocycles. The molecule has 21 heavy (non-hydrogen) atoms. The Morgan fingerprint density at radius 3 is 2.57 bits per heavy atom. The molecule has 0 radical (unpaired) electrons. The Balaban J connectivity index is 2.03. The average Bonchev–Trinajstić information content (AvgIpc) is 2.96. The van der Waals surface area contributed by atoms with E-state index in [1.165, 1.54) is 7.05 Å². The normalized spacial score (nSPS) is 12.0. The van der Waals surface area contributed by atoms with Crippen molar-refractivity contribution in [3.8, 4) is 0 Å². The van der Waals surface area contributed by atoms with Gasteiger partial charge < -0.3 is 14.5 Å². The van der Waals surface area contributed by atoms with Gasteiger partial charge in [-0.25, -0.2) is 9.78 Å². The number of nitrogens with zero attached hydrogens (tertiary/aromatic N) is 1. The topological polar surface area (TPSA) is 64.4 Å². The number of para-hydroxylation sites is 2. The van der Waals surface area contributed by atoms with Crippen molar-refractivity contribution in [3.05, 3.63) is 66.1 Å². The van der Waals surface area contributed by atoms with E-state index in [1.807, 2.05) is 54.6 Å². The number of carbonyl (C=O) groups excluding carboxylic acids is 1. The molecule has 5 nitrogen and oxygen atoms in total. The summed E-state index contributed by atoms with van der Waals surface area (Å²) in [5.74, 6) is 0.353. The smallest absolute Gasteiger partial charge is 0.408 e. The highest BCUT2D eigenvalue weighted by molar-refractivity contribution is 5.72. The van der Waals surface area contributed by atoms with Crippen LogP contribution in [0.1, 0.15) is 17.6 Å². The van der Waals surface area contributed by atoms with Crippen LogP contribution in [0.3, 0.4) is 0 Å². The number of amides is 1. The monoisotopic (exact) mass is 282 g/mol. The van der Waals surface area contributed by atoms with Gasteiger partial charge in [0.25, 0.3) is 0 Å². The van der Waals surface area contributed by atoms with Crippen LogP contribution in [0, 0.1) is 0 Å². The van der Waals surface area contributed by atoms with Gasteiger partial charge in [0.15, 0.2) is 5.58 Å². The van der Waals surface area contributed by atoms with E-state index in [-0.39, 0.29) is 0 Å². The van der Waals surface area contributed by atoms with Gasteiger partial charge in [0.05, 0.1) is 0 Å². The molecular weight excluding hydrogens is 268 g/mol. The third kappa shape index (κ3) is 2.72. The third-order valence-electron chi connectivity index (χ3n) is 3.07. The first-order valence-electron chi connectivity index (χ1n) is 6.56. The quantitative estimate of drug-likeness (QED) is 0.800. The van der Waals surface area contributed by atoms with Crippen LogP contribution in [0.15, 0.2) is 59.0 Å². The molecule has 1 unspecified atom stereocenters. The molecule has 0 aliphatic carbocycles. The Hall–Kier alpha value is -2.82. The van der Waals surface area contributed by atoms with Crippen LogP contribution < -0.4 is 5.32 Å². The minimum absolute atomic E-state index is 0.353. The van der Waals surface area contributed by atoms with Gasteiger partial charge in [-0.1, -0.05) is 42.5 Å². The van der Waals surface area contributed by atoms with Crippen LogP contribution in [0.4, 0.5) is 4.79 Å². The molecule has 1 heterocycles. The highest BCUT2D eigenvalue weighted by Crippen LogP contribution is 2.28. The summed E-state index contributed by atoms with van der Waals surface area (Å²) in [6.45, 7) is 0. The van der Waals surface area contributed by atoms with Gasteiger partial charge in [0, 0.05) is 12.6 Å². The zero-order valence-corrected chi connectivity index (χ0v) is 11.4. The molecule has 2 aromatic carbocycles. The number of hydrogen-bond donors (Lipinski definition) is 1. The molecule has 1 amide bonds. The highest BCUT2D eigenvalue weighted by atomic mass is 16.6. The molecule has 0 aliphatic rings. The van der Waals surface area contributed by atoms with Crippen molar-refractivity contribution in [1.82, 2.24) is 10.3 Å². The zero-order valence-electron chi connectivity index (χ0n) is 11.4. The second kappa shape index (κ2) is 5.66. The first-order chi connectivity index (χ1) is 10.3. The third-order valence-corrected chi connectivity index (χ3v) is 3.07. The molecule has 106 valence electrons. The summed E-state index contributed by atoms with van der Waals surface area (Å²) in [6.07, 6.45) is -1.22. The van der Waals surface area contributed by atoms with Gasteiger partial charge in [-0.15, -0.1) is 0 Å². The SMILES string of the molecule is CNC(=O)OC(c1ccccc1)c1nc2ccccc2o1. The van der Waals surface area contributed by atoms with Crippen molar-refractivity contribution in [3.63, 3.8) is 0 Å². The van der Waals surface area contributed by atoms with E-state index in [0.29, 0.717) is 11.5 Å². The van der Waals surface area contributed by atoms with Crippen LogP contribution in [0.5, 0.6) is 0 Å². The number of ether oxygens (including phenoxy) is 1. The Morgan fingerprint density at radius 2 is 1.86 bits per heavy atom. The van der Waals surface area contributed by atoms with Crippen LogP contribution >= 0.6 is 0 Å². The second-order valence-corrected chi connectivity index (χ2v) is 4.47. The lowest BCUT2D eigenvalue weighted by Crippen LogP contribution is -2.22. The second-order valence-electron chi connectivity index (χ2n) is 4.47. The van der Waals surface area contributed by atoms with Gasteiger partial charge in [0.2, 0.25) is 12.0 Å². The van der Waals surface area contributed by atoms with Gasteiger partial charge in [-0.05, 0) is 12.1 Å². The van der Waals surface area contributed by atoms with Gasteiger partial charge in [-0.3, -0.25) is 0 Å². The Morgan fingerprint density at radius 1 is 1.14 bits per heavy atom. The fourth-order valence-electron chi connectivity index (χ4n) is 2.06. The fourth-order valence-corrected chi connectivity index (χ4v) is 2.06. The van der Waals surface area contributed by atoms with Crippen molar-refractivity contribution in [2.24, 2.45) is 0 Å². The maximum Gasteiger partial charge on any atom is 0.408 e. The molecule has 1 atom stereocenters. The van der Waals surface area contributed by atoms with E-state index < -0.39 is 12.2 Å². The number of carbonyl (C=O) groups is 1. The molecule has 0 saturated carbocycles. The average molecular weight is 282 g/mol. The number of rotatable bonds is 3. The summed E-state index contributed by atoms with van der Waals surface area (Å²) in [5, 5.41) is 2.44. The number of benzene rings is 2. The van der Waals surface area contributed by atoms with E-state index in [1.54, 1.807) is 0 Å². The van der Waals surface area contributed by atoms with Crippen molar-refractivity contribution in [2.75, 3.05) is 7.05 Å². The lowest BCUT2D eigenvalue weighted by Gasteiger charge is -2.14. The first kappa shape index (κ1) is 13.2. The summed E-state index contributed by atoms with van der Waals surface area (Å²) in [5.41, 5.74) is 2.19. The van der Waals surface area contributed by atoms with E-state index in [0.717, 1.165) is 11.1 Å². The number of fused-ring (bicyclic) bond motifs is 1. The van der Waals surface area contributed by atoms with Crippen molar-refractivity contribution in [1.29, 1.82) is 0 Å². The molecule has 5 heteroatoms. The molecular formula is C16H14N2O3. The molecule has 0 aliphatic heterocycles. The van der Waals surface area contributed by atoms with Gasteiger partial charge in [-0.2, -0.15) is 0 Å². The van der Waals surface area contributed by atoms with Crippen molar-refractivity contribution in [2.45, 2.75) is 6.10 Å². The standard InChI is InChI=1S/C16H14N2O3/c1-17-16(19)21-14(11-7-3-2-4-8-11)15-18-12-9-5-6-10-13(12)20-15/h2-10,14H,1H3,(H,17,19). The molecule has 0 bridgehead atoms. The predicted molar refractivity (Wildman–Crippen MR) is 77.8 cm³/mol. The minimum atomic E-state index is -0.682. The molecule has 0 fully saturated rings. The molecule has 0 saturated heterocycles. The van der Waals surface area contributed by atoms with Crippen LogP contribution in [-0.4, -0.2) is 18.1 Å². The zero-order chi connectivity index (χ0) is 14.7. The fraction of sp³-hybridized carbons (Fsp3) is 0.125. The largest absolute Gasteiger partial charge is 0.436 e. The highest BCUT2D eigenvalue weighted by Gasteiger charge is 2.24. The van der Waals surface area contributed by atoms with Crippen LogP contribution in [0.25, 0.3) is 11.1 Å². The number of aromatic nitrogens is 1. The van der Waals surface area contributed by atoms with E-state index >= 15 is 0 Å². The summed E-state index contributed by atoms with van der Waals surface area (Å²) in [4.78, 5) is 16.0. The molecule has 1 N–H and O–H groups in total. The van der Waals surface area contributed by atoms with Crippen molar-refractivity contribution < 1.29 is 13.9 Å². The maximum absolute atomic E-state index is 11.6. The van der Waals surface area contributed by atoms with Crippen molar-refractivity contribution >= 4 is 17.2 Å². The molecule has 3 rings (SSSR count). The Kier molecular flexibility index (Phi) is 3.55. The number of alkyl carbamates (subject to hydrolysis) is 1.